The summed E-state index contributed by atoms with van der Waals surface area (Å²) in [6.07, 6.45) is 3.36. The van der Waals surface area contributed by atoms with Crippen molar-refractivity contribution in [3.05, 3.63) is 41.5 Å². The molecule has 0 unspecified atom stereocenters. The maximum Gasteiger partial charge on any atom is 0.244 e. The number of likely N-dealkylation sites (tertiary alicyclic amines) is 1. The van der Waals surface area contributed by atoms with Gasteiger partial charge in [-0.15, -0.1) is 0 Å². The predicted octanol–water partition coefficient (Wildman–Crippen LogP) is 2.06. The number of nitrogens with zero attached hydrogens (tertiary/aromatic N) is 1. The largest absolute Gasteiger partial charge is 0.383 e. The molecular weight excluding hydrogens is 302 g/mol. The lowest BCUT2D eigenvalue weighted by Gasteiger charge is -2.15. The average molecular weight is 324 g/mol. The molecule has 126 valence electrons. The normalized spacial score (nSPS) is 18.7. The summed E-state index contributed by atoms with van der Waals surface area (Å²) < 4.78 is 31.9. The molecule has 1 aliphatic heterocycles. The summed E-state index contributed by atoms with van der Waals surface area (Å²) in [6, 6.07) is 3.61. The number of benzene rings is 1. The maximum absolute atomic E-state index is 13.4. The van der Waals surface area contributed by atoms with Crippen LogP contribution in [-0.4, -0.2) is 50.7 Å². The Labute approximate surface area is 135 Å². The van der Waals surface area contributed by atoms with E-state index in [1.807, 2.05) is 0 Å². The monoisotopic (exact) mass is 324 g/mol. The molecule has 0 saturated carbocycles. The van der Waals surface area contributed by atoms with Gasteiger partial charge in [-0.1, -0.05) is 6.07 Å². The van der Waals surface area contributed by atoms with Gasteiger partial charge in [0.2, 0.25) is 5.91 Å². The Kier molecular flexibility index (Phi) is 6.67. The number of hydrogen-bond donors (Lipinski definition) is 1. The van der Waals surface area contributed by atoms with E-state index in [1.54, 1.807) is 7.11 Å². The maximum atomic E-state index is 13.4. The van der Waals surface area contributed by atoms with Crippen molar-refractivity contribution in [3.8, 4) is 0 Å². The lowest BCUT2D eigenvalue weighted by molar-refractivity contribution is -0.116. The highest BCUT2D eigenvalue weighted by molar-refractivity contribution is 5.91. The molecule has 4 nitrogen and oxygen atoms in total. The van der Waals surface area contributed by atoms with Crippen LogP contribution < -0.4 is 5.32 Å². The van der Waals surface area contributed by atoms with Crippen molar-refractivity contribution in [2.75, 3.05) is 39.9 Å². The first-order valence-electron chi connectivity index (χ1n) is 7.71. The first-order valence-corrected chi connectivity index (χ1v) is 7.71. The summed E-state index contributed by atoms with van der Waals surface area (Å²) in [7, 11) is 1.68. The third-order valence-electron chi connectivity index (χ3n) is 3.95. The minimum absolute atomic E-state index is 0.200. The molecule has 0 aromatic heterocycles. The number of carbonyl (C=O) groups excluding carboxylic acids is 1. The zero-order valence-corrected chi connectivity index (χ0v) is 13.2. The summed E-state index contributed by atoms with van der Waals surface area (Å²) in [6.45, 7) is 4.09. The molecule has 23 heavy (non-hydrogen) atoms. The summed E-state index contributed by atoms with van der Waals surface area (Å²) >= 11 is 0. The molecule has 1 heterocycles. The molecule has 1 aromatic rings. The Bertz CT molecular complexity index is 543. The zero-order valence-electron chi connectivity index (χ0n) is 13.2. The van der Waals surface area contributed by atoms with Gasteiger partial charge in [-0.25, -0.2) is 8.78 Å². The molecule has 2 rings (SSSR count). The molecule has 1 aliphatic rings. The van der Waals surface area contributed by atoms with E-state index in [2.05, 4.69) is 10.2 Å². The van der Waals surface area contributed by atoms with E-state index in [9.17, 15) is 13.6 Å². The van der Waals surface area contributed by atoms with Gasteiger partial charge in [-0.2, -0.15) is 0 Å². The molecule has 1 aromatic carbocycles. The van der Waals surface area contributed by atoms with E-state index in [-0.39, 0.29) is 11.5 Å². The third kappa shape index (κ3) is 5.41. The minimum Gasteiger partial charge on any atom is -0.383 e. The van der Waals surface area contributed by atoms with Gasteiger partial charge in [-0.3, -0.25) is 4.79 Å². The van der Waals surface area contributed by atoms with Gasteiger partial charge in [0.15, 0.2) is 0 Å². The number of rotatable bonds is 7. The van der Waals surface area contributed by atoms with Gasteiger partial charge in [0.1, 0.15) is 11.6 Å². The number of amides is 1. The SMILES string of the molecule is COCCN1CC[C@@H](CNC(=O)/C=C/c2c(F)cccc2F)C1. The number of ether oxygens (including phenoxy) is 1. The fourth-order valence-corrected chi connectivity index (χ4v) is 2.64. The quantitative estimate of drug-likeness (QED) is 0.781. The Morgan fingerprint density at radius 2 is 2.17 bits per heavy atom. The van der Waals surface area contributed by atoms with Crippen molar-refractivity contribution in [2.24, 2.45) is 5.92 Å². The van der Waals surface area contributed by atoms with Crippen molar-refractivity contribution in [1.82, 2.24) is 10.2 Å². The molecule has 1 fully saturated rings. The number of carbonyl (C=O) groups is 1. The van der Waals surface area contributed by atoms with E-state index in [0.29, 0.717) is 19.1 Å². The molecule has 0 radical (unpaired) electrons. The van der Waals surface area contributed by atoms with Crippen molar-refractivity contribution < 1.29 is 18.3 Å². The van der Waals surface area contributed by atoms with E-state index in [4.69, 9.17) is 4.74 Å². The van der Waals surface area contributed by atoms with Crippen LogP contribution in [0.3, 0.4) is 0 Å². The number of halogens is 2. The second kappa shape index (κ2) is 8.74. The van der Waals surface area contributed by atoms with E-state index in [0.717, 1.165) is 38.2 Å². The highest BCUT2D eigenvalue weighted by Crippen LogP contribution is 2.15. The van der Waals surface area contributed by atoms with Crippen LogP contribution in [0.25, 0.3) is 6.08 Å². The van der Waals surface area contributed by atoms with Gasteiger partial charge in [0, 0.05) is 38.4 Å². The molecular formula is C17H22F2N2O2. The average Bonchev–Trinajstić information content (AvgIpc) is 2.98. The standard InChI is InChI=1S/C17H22F2N2O2/c1-23-10-9-21-8-7-13(12-21)11-20-17(22)6-5-14-15(18)3-2-4-16(14)19/h2-6,13H,7-12H2,1H3,(H,20,22)/b6-5+/t13-/m0/s1. The van der Waals surface area contributed by atoms with Crippen LogP contribution in [0, 0.1) is 17.6 Å². The van der Waals surface area contributed by atoms with Crippen LogP contribution >= 0.6 is 0 Å². The Hall–Kier alpha value is -1.79. The predicted molar refractivity (Wildman–Crippen MR) is 84.8 cm³/mol. The lowest BCUT2D eigenvalue weighted by Crippen LogP contribution is -2.30. The van der Waals surface area contributed by atoms with Crippen LogP contribution in [0.1, 0.15) is 12.0 Å². The summed E-state index contributed by atoms with van der Waals surface area (Å²) in [5.74, 6) is -1.31. The smallest absolute Gasteiger partial charge is 0.244 e. The lowest BCUT2D eigenvalue weighted by atomic mass is 10.1. The Balaban J connectivity index is 1.76. The molecule has 1 N–H and O–H groups in total. The molecule has 0 aliphatic carbocycles. The molecule has 1 saturated heterocycles. The number of nitrogens with one attached hydrogen (secondary N) is 1. The fraction of sp³-hybridized carbons (Fsp3) is 0.471. The first-order chi connectivity index (χ1) is 11.1. The molecule has 1 amide bonds. The topological polar surface area (TPSA) is 41.6 Å². The van der Waals surface area contributed by atoms with Crippen molar-refractivity contribution >= 4 is 12.0 Å². The minimum atomic E-state index is -0.682. The van der Waals surface area contributed by atoms with Crippen molar-refractivity contribution in [1.29, 1.82) is 0 Å². The van der Waals surface area contributed by atoms with Crippen molar-refractivity contribution in [2.45, 2.75) is 6.42 Å². The summed E-state index contributed by atoms with van der Waals surface area (Å²) in [4.78, 5) is 14.1. The highest BCUT2D eigenvalue weighted by atomic mass is 19.1. The molecule has 1 atom stereocenters. The van der Waals surface area contributed by atoms with Gasteiger partial charge in [0.05, 0.1) is 6.61 Å². The summed E-state index contributed by atoms with van der Waals surface area (Å²) in [5.41, 5.74) is -0.200. The Morgan fingerprint density at radius 1 is 1.43 bits per heavy atom. The van der Waals surface area contributed by atoms with Crippen LogP contribution in [0.15, 0.2) is 24.3 Å². The van der Waals surface area contributed by atoms with Gasteiger partial charge in [-0.05, 0) is 37.1 Å². The van der Waals surface area contributed by atoms with Gasteiger partial charge < -0.3 is 15.0 Å². The molecule has 0 bridgehead atoms. The van der Waals surface area contributed by atoms with Gasteiger partial charge in [0.25, 0.3) is 0 Å². The van der Waals surface area contributed by atoms with E-state index in [1.165, 1.54) is 18.2 Å². The van der Waals surface area contributed by atoms with Crippen LogP contribution in [0.4, 0.5) is 8.78 Å². The summed E-state index contributed by atoms with van der Waals surface area (Å²) in [5, 5.41) is 2.78. The first kappa shape index (κ1) is 17.6. The van der Waals surface area contributed by atoms with E-state index < -0.39 is 11.6 Å². The Morgan fingerprint density at radius 3 is 2.87 bits per heavy atom. The third-order valence-corrected chi connectivity index (χ3v) is 3.95. The van der Waals surface area contributed by atoms with Crippen LogP contribution in [0.5, 0.6) is 0 Å². The molecule has 6 heteroatoms. The highest BCUT2D eigenvalue weighted by Gasteiger charge is 2.22. The fourth-order valence-electron chi connectivity index (χ4n) is 2.64. The van der Waals surface area contributed by atoms with Crippen LogP contribution in [0.2, 0.25) is 0 Å². The number of methoxy groups -OCH3 is 1. The van der Waals surface area contributed by atoms with Gasteiger partial charge >= 0.3 is 0 Å². The van der Waals surface area contributed by atoms with E-state index >= 15 is 0 Å². The van der Waals surface area contributed by atoms with Crippen molar-refractivity contribution in [3.63, 3.8) is 0 Å². The number of hydrogen-bond acceptors (Lipinski definition) is 3. The molecule has 0 spiro atoms. The second-order valence-electron chi connectivity index (χ2n) is 5.66. The zero-order chi connectivity index (χ0) is 16.7. The van der Waals surface area contributed by atoms with Crippen LogP contribution in [-0.2, 0) is 9.53 Å². The second-order valence-corrected chi connectivity index (χ2v) is 5.66.